The largest absolute Gasteiger partial charge is 0.442 e. The molecule has 0 saturated carbocycles. The fourth-order valence-corrected chi connectivity index (χ4v) is 1.87. The molecule has 0 radical (unpaired) electrons. The van der Waals surface area contributed by atoms with Crippen LogP contribution in [0.25, 0.3) is 10.9 Å². The monoisotopic (exact) mass is 266 g/mol. The van der Waals surface area contributed by atoms with Crippen LogP contribution < -0.4 is 0 Å². The Bertz CT molecular complexity index is 611. The molecule has 0 atom stereocenters. The van der Waals surface area contributed by atoms with Crippen molar-refractivity contribution in [1.29, 1.82) is 0 Å². The molecule has 0 bridgehead atoms. The first-order chi connectivity index (χ1) is 8.28. The molecule has 1 aromatic carbocycles. The number of ether oxygens (including phenoxy) is 1. The predicted molar refractivity (Wildman–Crippen MR) is 71.1 cm³/mol. The van der Waals surface area contributed by atoms with E-state index in [0.29, 0.717) is 10.7 Å². The zero-order valence-electron chi connectivity index (χ0n) is 10.8. The molecular weight excluding hydrogens is 252 g/mol. The summed E-state index contributed by atoms with van der Waals surface area (Å²) in [7, 11) is 0. The van der Waals surface area contributed by atoms with E-state index in [1.807, 2.05) is 45.9 Å². The molecule has 0 N–H and O–H groups in total. The smallest absolute Gasteiger partial charge is 0.435 e. The Balaban J connectivity index is 2.51. The van der Waals surface area contributed by atoms with E-state index in [-0.39, 0.29) is 0 Å². The number of hydrogen-bond acceptors (Lipinski definition) is 3. The lowest BCUT2D eigenvalue weighted by Crippen LogP contribution is -2.27. The molecule has 0 amide bonds. The molecule has 0 unspecified atom stereocenters. The van der Waals surface area contributed by atoms with E-state index >= 15 is 0 Å². The minimum Gasteiger partial charge on any atom is -0.442 e. The van der Waals surface area contributed by atoms with Crippen LogP contribution >= 0.6 is 11.6 Å². The van der Waals surface area contributed by atoms with E-state index < -0.39 is 11.7 Å². The fraction of sp³-hybridized carbons (Fsp3) is 0.385. The Morgan fingerprint density at radius 2 is 2.06 bits per heavy atom. The first-order valence-corrected chi connectivity index (χ1v) is 6.04. The topological polar surface area (TPSA) is 44.1 Å². The zero-order chi connectivity index (χ0) is 13.5. The van der Waals surface area contributed by atoms with Crippen LogP contribution in [0.4, 0.5) is 4.79 Å². The molecule has 96 valence electrons. The number of fused-ring (bicyclic) bond motifs is 1. The highest BCUT2D eigenvalue weighted by Crippen LogP contribution is 2.24. The van der Waals surface area contributed by atoms with Crippen LogP contribution in [-0.2, 0) is 4.74 Å². The van der Waals surface area contributed by atoms with Crippen molar-refractivity contribution in [1.82, 2.24) is 9.78 Å². The lowest BCUT2D eigenvalue weighted by atomic mass is 10.2. The van der Waals surface area contributed by atoms with Gasteiger partial charge >= 0.3 is 6.09 Å². The Morgan fingerprint density at radius 1 is 1.39 bits per heavy atom. The molecule has 2 aromatic rings. The normalized spacial score (nSPS) is 11.8. The number of rotatable bonds is 0. The molecule has 0 aliphatic carbocycles. The van der Waals surface area contributed by atoms with Gasteiger partial charge in [0.15, 0.2) is 5.15 Å². The quantitative estimate of drug-likeness (QED) is 0.729. The summed E-state index contributed by atoms with van der Waals surface area (Å²) in [6.45, 7) is 7.37. The van der Waals surface area contributed by atoms with Gasteiger partial charge in [0.2, 0.25) is 0 Å². The molecule has 1 heterocycles. The summed E-state index contributed by atoms with van der Waals surface area (Å²) in [6.07, 6.45) is -0.523. The number of hydrogen-bond donors (Lipinski definition) is 0. The summed E-state index contributed by atoms with van der Waals surface area (Å²) >= 11 is 6.01. The third-order valence-electron chi connectivity index (χ3n) is 2.36. The van der Waals surface area contributed by atoms with Crippen molar-refractivity contribution in [2.75, 3.05) is 0 Å². The maximum Gasteiger partial charge on any atom is 0.435 e. The molecule has 0 spiro atoms. The van der Waals surface area contributed by atoms with Gasteiger partial charge in [-0.05, 0) is 45.4 Å². The van der Waals surface area contributed by atoms with Gasteiger partial charge in [0.25, 0.3) is 0 Å². The van der Waals surface area contributed by atoms with Gasteiger partial charge in [-0.3, -0.25) is 0 Å². The molecule has 0 saturated heterocycles. The van der Waals surface area contributed by atoms with E-state index in [1.54, 1.807) is 0 Å². The average molecular weight is 267 g/mol. The van der Waals surface area contributed by atoms with Gasteiger partial charge in [-0.2, -0.15) is 4.68 Å². The van der Waals surface area contributed by atoms with Crippen LogP contribution in [0.3, 0.4) is 0 Å². The first kappa shape index (κ1) is 12.9. The van der Waals surface area contributed by atoms with Crippen molar-refractivity contribution in [3.05, 3.63) is 28.9 Å². The number of benzene rings is 1. The van der Waals surface area contributed by atoms with E-state index in [2.05, 4.69) is 5.10 Å². The molecule has 0 aliphatic heterocycles. The van der Waals surface area contributed by atoms with Crippen molar-refractivity contribution in [3.63, 3.8) is 0 Å². The molecule has 18 heavy (non-hydrogen) atoms. The van der Waals surface area contributed by atoms with E-state index in [4.69, 9.17) is 16.3 Å². The van der Waals surface area contributed by atoms with Gasteiger partial charge in [0.1, 0.15) is 5.60 Å². The van der Waals surface area contributed by atoms with E-state index in [0.717, 1.165) is 10.9 Å². The second-order valence-electron chi connectivity index (χ2n) is 5.20. The molecular formula is C13H15ClN2O2. The second kappa shape index (κ2) is 4.28. The standard InChI is InChI=1S/C13H15ClN2O2/c1-8-5-6-9-10(7-8)16(15-11(9)14)12(17)18-13(2,3)4/h5-7H,1-4H3. The highest BCUT2D eigenvalue weighted by Gasteiger charge is 2.21. The lowest BCUT2D eigenvalue weighted by Gasteiger charge is -2.19. The highest BCUT2D eigenvalue weighted by molar-refractivity contribution is 6.34. The van der Waals surface area contributed by atoms with Gasteiger partial charge in [0, 0.05) is 5.39 Å². The molecule has 4 nitrogen and oxygen atoms in total. The van der Waals surface area contributed by atoms with Crippen LogP contribution in [-0.4, -0.2) is 21.5 Å². The van der Waals surface area contributed by atoms with Crippen LogP contribution in [0.2, 0.25) is 5.15 Å². The number of carbonyl (C=O) groups is 1. The highest BCUT2D eigenvalue weighted by atomic mass is 35.5. The maximum absolute atomic E-state index is 12.0. The van der Waals surface area contributed by atoms with Crippen molar-refractivity contribution >= 4 is 28.6 Å². The first-order valence-electron chi connectivity index (χ1n) is 5.66. The van der Waals surface area contributed by atoms with E-state index in [1.165, 1.54) is 4.68 Å². The summed E-state index contributed by atoms with van der Waals surface area (Å²) in [5.74, 6) is 0. The Hall–Kier alpha value is -1.55. The summed E-state index contributed by atoms with van der Waals surface area (Å²) < 4.78 is 6.49. The Kier molecular flexibility index (Phi) is 3.07. The molecule has 5 heteroatoms. The summed E-state index contributed by atoms with van der Waals surface area (Å²) in [4.78, 5) is 12.0. The van der Waals surface area contributed by atoms with Crippen molar-refractivity contribution in [3.8, 4) is 0 Å². The minimum absolute atomic E-state index is 0.302. The second-order valence-corrected chi connectivity index (χ2v) is 5.56. The van der Waals surface area contributed by atoms with Gasteiger partial charge in [-0.15, -0.1) is 5.10 Å². The molecule has 2 rings (SSSR count). The van der Waals surface area contributed by atoms with Crippen molar-refractivity contribution < 1.29 is 9.53 Å². The summed E-state index contributed by atoms with van der Waals surface area (Å²) in [5.41, 5.74) is 1.13. The molecule has 0 aliphatic rings. The minimum atomic E-state index is -0.564. The SMILES string of the molecule is Cc1ccc2c(Cl)nn(C(=O)OC(C)(C)C)c2c1. The van der Waals surface area contributed by atoms with Gasteiger partial charge in [-0.25, -0.2) is 4.79 Å². The third kappa shape index (κ3) is 2.48. The number of halogens is 1. The number of carbonyl (C=O) groups excluding carboxylic acids is 1. The van der Waals surface area contributed by atoms with Gasteiger partial charge < -0.3 is 4.74 Å². The average Bonchev–Trinajstić information content (AvgIpc) is 2.53. The maximum atomic E-state index is 12.0. The van der Waals surface area contributed by atoms with Crippen molar-refractivity contribution in [2.45, 2.75) is 33.3 Å². The van der Waals surface area contributed by atoms with E-state index in [9.17, 15) is 4.79 Å². The molecule has 0 fully saturated rings. The van der Waals surface area contributed by atoms with Crippen LogP contribution in [0.15, 0.2) is 18.2 Å². The van der Waals surface area contributed by atoms with Crippen LogP contribution in [0.1, 0.15) is 26.3 Å². The number of aromatic nitrogens is 2. The predicted octanol–water partition coefficient (Wildman–Crippen LogP) is 3.78. The fourth-order valence-electron chi connectivity index (χ4n) is 1.63. The Labute approximate surface area is 110 Å². The number of aryl methyl sites for hydroxylation is 1. The van der Waals surface area contributed by atoms with Gasteiger partial charge in [-0.1, -0.05) is 17.7 Å². The molecule has 1 aromatic heterocycles. The van der Waals surface area contributed by atoms with Crippen LogP contribution in [0.5, 0.6) is 0 Å². The lowest BCUT2D eigenvalue weighted by molar-refractivity contribution is 0.0523. The van der Waals surface area contributed by atoms with Gasteiger partial charge in [0.05, 0.1) is 5.52 Å². The third-order valence-corrected chi connectivity index (χ3v) is 2.64. The van der Waals surface area contributed by atoms with Crippen molar-refractivity contribution in [2.24, 2.45) is 0 Å². The summed E-state index contributed by atoms with van der Waals surface area (Å²) in [6, 6.07) is 5.63. The zero-order valence-corrected chi connectivity index (χ0v) is 11.6. The summed E-state index contributed by atoms with van der Waals surface area (Å²) in [5, 5.41) is 5.07. The van der Waals surface area contributed by atoms with Crippen LogP contribution in [0, 0.1) is 6.92 Å². The number of nitrogens with zero attached hydrogens (tertiary/aromatic N) is 2. The Morgan fingerprint density at radius 3 is 2.67 bits per heavy atom.